The molecule has 0 bridgehead atoms. The minimum absolute atomic E-state index is 0.684. The Kier molecular flexibility index (Phi) is 1.90. The molecule has 16 heavy (non-hydrogen) atoms. The van der Waals surface area contributed by atoms with Crippen LogP contribution in [0.2, 0.25) is 0 Å². The molecular formula is C13H10N2O. The summed E-state index contributed by atoms with van der Waals surface area (Å²) in [7, 11) is 0. The molecule has 3 aromatic rings. The average Bonchev–Trinajstić information content (AvgIpc) is 2.73. The molecular weight excluding hydrogens is 200 g/mol. The van der Waals surface area contributed by atoms with Crippen LogP contribution in [-0.4, -0.2) is 5.16 Å². The van der Waals surface area contributed by atoms with Gasteiger partial charge in [-0.1, -0.05) is 35.5 Å². The molecule has 0 saturated heterocycles. The number of hydrogen-bond donors (Lipinski definition) is 1. The second-order valence-corrected chi connectivity index (χ2v) is 3.65. The topological polar surface area (TPSA) is 52.0 Å². The summed E-state index contributed by atoms with van der Waals surface area (Å²) < 4.78 is 5.25. The van der Waals surface area contributed by atoms with Gasteiger partial charge in [0.25, 0.3) is 0 Å². The van der Waals surface area contributed by atoms with Gasteiger partial charge in [-0.25, -0.2) is 0 Å². The molecule has 0 atom stereocenters. The van der Waals surface area contributed by atoms with Crippen LogP contribution in [0.4, 0.5) is 5.69 Å². The Bertz CT molecular complexity index is 629. The predicted octanol–water partition coefficient (Wildman–Crippen LogP) is 3.08. The van der Waals surface area contributed by atoms with Crippen molar-refractivity contribution in [3.05, 3.63) is 48.5 Å². The summed E-state index contributed by atoms with van der Waals surface area (Å²) in [6.45, 7) is 0. The van der Waals surface area contributed by atoms with Crippen molar-refractivity contribution in [1.82, 2.24) is 5.16 Å². The van der Waals surface area contributed by atoms with Crippen molar-refractivity contribution in [2.75, 3.05) is 5.73 Å². The molecule has 2 aromatic carbocycles. The number of nitrogens with zero attached hydrogens (tertiary/aromatic N) is 1. The SMILES string of the molecule is Nc1ccc2c(-c3ccccc3)noc2c1. The first kappa shape index (κ1) is 8.97. The van der Waals surface area contributed by atoms with Crippen molar-refractivity contribution < 1.29 is 4.52 Å². The van der Waals surface area contributed by atoms with E-state index < -0.39 is 0 Å². The summed E-state index contributed by atoms with van der Waals surface area (Å²) >= 11 is 0. The van der Waals surface area contributed by atoms with Crippen molar-refractivity contribution in [2.24, 2.45) is 0 Å². The Labute approximate surface area is 92.5 Å². The van der Waals surface area contributed by atoms with Crippen molar-refractivity contribution >= 4 is 16.7 Å². The first-order chi connectivity index (χ1) is 7.84. The third kappa shape index (κ3) is 1.34. The molecule has 0 aliphatic heterocycles. The zero-order chi connectivity index (χ0) is 11.0. The van der Waals surface area contributed by atoms with Crippen molar-refractivity contribution in [3.63, 3.8) is 0 Å². The summed E-state index contributed by atoms with van der Waals surface area (Å²) in [5.41, 5.74) is 8.99. The molecule has 3 nitrogen and oxygen atoms in total. The number of aromatic nitrogens is 1. The maximum Gasteiger partial charge on any atom is 0.169 e. The normalized spacial score (nSPS) is 10.8. The maximum absolute atomic E-state index is 5.68. The van der Waals surface area contributed by atoms with Gasteiger partial charge in [0.05, 0.1) is 0 Å². The van der Waals surface area contributed by atoms with E-state index in [-0.39, 0.29) is 0 Å². The Morgan fingerprint density at radius 1 is 1.00 bits per heavy atom. The van der Waals surface area contributed by atoms with Gasteiger partial charge < -0.3 is 10.3 Å². The number of nitrogens with two attached hydrogens (primary N) is 1. The number of hydrogen-bond acceptors (Lipinski definition) is 3. The smallest absolute Gasteiger partial charge is 0.169 e. The van der Waals surface area contributed by atoms with Crippen LogP contribution < -0.4 is 5.73 Å². The van der Waals surface area contributed by atoms with Crippen LogP contribution in [0.5, 0.6) is 0 Å². The standard InChI is InChI=1S/C13H10N2O/c14-10-6-7-11-12(8-10)16-15-13(11)9-4-2-1-3-5-9/h1-8H,14H2. The maximum atomic E-state index is 5.68. The van der Waals surface area contributed by atoms with Crippen molar-refractivity contribution in [2.45, 2.75) is 0 Å². The first-order valence-corrected chi connectivity index (χ1v) is 5.05. The van der Waals surface area contributed by atoms with E-state index in [4.69, 9.17) is 10.3 Å². The fraction of sp³-hybridized carbons (Fsp3) is 0. The minimum atomic E-state index is 0.684. The Balaban J connectivity index is 2.26. The van der Waals surface area contributed by atoms with Gasteiger partial charge in [0.1, 0.15) is 5.69 Å². The lowest BCUT2D eigenvalue weighted by Gasteiger charge is -1.95. The molecule has 1 aromatic heterocycles. The largest absolute Gasteiger partial charge is 0.399 e. The van der Waals surface area contributed by atoms with Crippen LogP contribution in [0.15, 0.2) is 53.1 Å². The van der Waals surface area contributed by atoms with Crippen LogP contribution in [0, 0.1) is 0 Å². The average molecular weight is 210 g/mol. The third-order valence-electron chi connectivity index (χ3n) is 2.54. The summed E-state index contributed by atoms with van der Waals surface area (Å²) in [5.74, 6) is 0. The number of benzene rings is 2. The molecule has 3 heteroatoms. The van der Waals surface area contributed by atoms with Crippen LogP contribution in [-0.2, 0) is 0 Å². The molecule has 1 heterocycles. The molecule has 2 N–H and O–H groups in total. The number of rotatable bonds is 1. The number of fused-ring (bicyclic) bond motifs is 1. The highest BCUT2D eigenvalue weighted by molar-refractivity contribution is 5.92. The predicted molar refractivity (Wildman–Crippen MR) is 63.9 cm³/mol. The monoisotopic (exact) mass is 210 g/mol. The van der Waals surface area contributed by atoms with E-state index in [1.54, 1.807) is 6.07 Å². The van der Waals surface area contributed by atoms with Gasteiger partial charge in [0.2, 0.25) is 0 Å². The van der Waals surface area contributed by atoms with E-state index in [0.717, 1.165) is 22.2 Å². The van der Waals surface area contributed by atoms with Crippen LogP contribution in [0.3, 0.4) is 0 Å². The summed E-state index contributed by atoms with van der Waals surface area (Å²) in [6.07, 6.45) is 0. The summed E-state index contributed by atoms with van der Waals surface area (Å²) in [6, 6.07) is 15.5. The molecule has 3 rings (SSSR count). The highest BCUT2D eigenvalue weighted by Crippen LogP contribution is 2.28. The molecule has 0 aliphatic carbocycles. The van der Waals surface area contributed by atoms with Gasteiger partial charge in [0.15, 0.2) is 5.58 Å². The summed E-state index contributed by atoms with van der Waals surface area (Å²) in [5, 5.41) is 5.06. The molecule has 0 saturated carbocycles. The molecule has 0 amide bonds. The van der Waals surface area contributed by atoms with Crippen LogP contribution in [0.25, 0.3) is 22.2 Å². The minimum Gasteiger partial charge on any atom is -0.399 e. The van der Waals surface area contributed by atoms with Gasteiger partial charge in [0, 0.05) is 22.7 Å². The van der Waals surface area contributed by atoms with Gasteiger partial charge in [-0.05, 0) is 12.1 Å². The van der Waals surface area contributed by atoms with Gasteiger partial charge in [-0.15, -0.1) is 0 Å². The Morgan fingerprint density at radius 2 is 1.81 bits per heavy atom. The van der Waals surface area contributed by atoms with E-state index in [1.165, 1.54) is 0 Å². The molecule has 0 fully saturated rings. The third-order valence-corrected chi connectivity index (χ3v) is 2.54. The van der Waals surface area contributed by atoms with Crippen molar-refractivity contribution in [1.29, 1.82) is 0 Å². The summed E-state index contributed by atoms with van der Waals surface area (Å²) in [4.78, 5) is 0. The van der Waals surface area contributed by atoms with E-state index >= 15 is 0 Å². The van der Waals surface area contributed by atoms with Crippen LogP contribution >= 0.6 is 0 Å². The molecule has 0 aliphatic rings. The highest BCUT2D eigenvalue weighted by Gasteiger charge is 2.09. The van der Waals surface area contributed by atoms with E-state index in [1.807, 2.05) is 42.5 Å². The fourth-order valence-corrected chi connectivity index (χ4v) is 1.76. The van der Waals surface area contributed by atoms with Gasteiger partial charge in [-0.3, -0.25) is 0 Å². The second-order valence-electron chi connectivity index (χ2n) is 3.65. The van der Waals surface area contributed by atoms with Crippen LogP contribution in [0.1, 0.15) is 0 Å². The number of anilines is 1. The quantitative estimate of drug-likeness (QED) is 0.628. The van der Waals surface area contributed by atoms with E-state index in [0.29, 0.717) is 5.69 Å². The first-order valence-electron chi connectivity index (χ1n) is 5.05. The zero-order valence-electron chi connectivity index (χ0n) is 8.55. The molecule has 78 valence electrons. The fourth-order valence-electron chi connectivity index (χ4n) is 1.76. The van der Waals surface area contributed by atoms with Gasteiger partial charge in [-0.2, -0.15) is 0 Å². The lowest BCUT2D eigenvalue weighted by molar-refractivity contribution is 0.459. The van der Waals surface area contributed by atoms with Crippen molar-refractivity contribution in [3.8, 4) is 11.3 Å². The Hall–Kier alpha value is -2.29. The van der Waals surface area contributed by atoms with E-state index in [9.17, 15) is 0 Å². The molecule has 0 spiro atoms. The molecule has 0 unspecified atom stereocenters. The zero-order valence-corrected chi connectivity index (χ0v) is 8.55. The van der Waals surface area contributed by atoms with Gasteiger partial charge >= 0.3 is 0 Å². The number of nitrogen functional groups attached to an aromatic ring is 1. The highest BCUT2D eigenvalue weighted by atomic mass is 16.5. The Morgan fingerprint density at radius 3 is 2.62 bits per heavy atom. The lowest BCUT2D eigenvalue weighted by Crippen LogP contribution is -1.82. The molecule has 0 radical (unpaired) electrons. The lowest BCUT2D eigenvalue weighted by atomic mass is 10.1. The second kappa shape index (κ2) is 3.38. The van der Waals surface area contributed by atoms with E-state index in [2.05, 4.69) is 5.16 Å².